The highest BCUT2D eigenvalue weighted by Gasteiger charge is 2.16. The van der Waals surface area contributed by atoms with E-state index in [1.807, 2.05) is 78.9 Å². The molecule has 3 aromatic carbocycles. The Morgan fingerprint density at radius 1 is 0.731 bits per heavy atom. The second-order valence-corrected chi connectivity index (χ2v) is 6.83. The molecular formula is C23H14BrNO. The average Bonchev–Trinajstić information content (AvgIpc) is 3.15. The number of hydrogen-bond acceptors (Lipinski definition) is 2. The predicted molar refractivity (Wildman–Crippen MR) is 107 cm³/mol. The van der Waals surface area contributed by atoms with Gasteiger partial charge in [0.15, 0.2) is 0 Å². The predicted octanol–water partition coefficient (Wildman–Crippen LogP) is 6.91. The first kappa shape index (κ1) is 16.4. The molecule has 0 saturated carbocycles. The van der Waals surface area contributed by atoms with Crippen molar-refractivity contribution in [3.8, 4) is 39.8 Å². The molecule has 0 amide bonds. The topological polar surface area (TPSA) is 36.9 Å². The zero-order valence-electron chi connectivity index (χ0n) is 13.8. The minimum Gasteiger partial charge on any atom is -0.455 e. The summed E-state index contributed by atoms with van der Waals surface area (Å²) >= 11 is 3.47. The van der Waals surface area contributed by atoms with E-state index in [1.165, 1.54) is 0 Å². The molecule has 124 valence electrons. The quantitative estimate of drug-likeness (QED) is 0.375. The van der Waals surface area contributed by atoms with Gasteiger partial charge in [-0.2, -0.15) is 5.26 Å². The lowest BCUT2D eigenvalue weighted by Crippen LogP contribution is -1.81. The summed E-state index contributed by atoms with van der Waals surface area (Å²) in [6, 6.07) is 29.9. The number of benzene rings is 3. The average molecular weight is 400 g/mol. The Kier molecular flexibility index (Phi) is 4.43. The fraction of sp³-hybridized carbons (Fsp3) is 0. The molecule has 1 heterocycles. The van der Waals surface area contributed by atoms with Crippen molar-refractivity contribution in [2.24, 2.45) is 0 Å². The molecule has 0 atom stereocenters. The van der Waals surface area contributed by atoms with Crippen LogP contribution in [0.3, 0.4) is 0 Å². The van der Waals surface area contributed by atoms with Gasteiger partial charge in [-0.25, -0.2) is 0 Å². The van der Waals surface area contributed by atoms with E-state index in [-0.39, 0.29) is 0 Å². The van der Waals surface area contributed by atoms with Crippen molar-refractivity contribution in [2.45, 2.75) is 0 Å². The molecule has 0 unspecified atom stereocenters. The van der Waals surface area contributed by atoms with Crippen molar-refractivity contribution in [1.82, 2.24) is 0 Å². The van der Waals surface area contributed by atoms with Gasteiger partial charge in [-0.05, 0) is 35.9 Å². The highest BCUT2D eigenvalue weighted by atomic mass is 79.9. The third-order valence-electron chi connectivity index (χ3n) is 4.22. The molecule has 26 heavy (non-hydrogen) atoms. The lowest BCUT2D eigenvalue weighted by Gasteiger charge is -2.03. The Labute approximate surface area is 160 Å². The largest absolute Gasteiger partial charge is 0.455 e. The van der Waals surface area contributed by atoms with E-state index < -0.39 is 0 Å². The SMILES string of the molecule is N#Cc1ccc(-c2cc(-c3ccc(Br)cc3)oc2-c2ccccc2)cc1. The first-order chi connectivity index (χ1) is 12.7. The fourth-order valence-corrected chi connectivity index (χ4v) is 3.15. The van der Waals surface area contributed by atoms with Crippen molar-refractivity contribution in [1.29, 1.82) is 5.26 Å². The summed E-state index contributed by atoms with van der Waals surface area (Å²) in [5.41, 5.74) is 4.72. The minimum absolute atomic E-state index is 0.645. The molecule has 0 radical (unpaired) electrons. The lowest BCUT2D eigenvalue weighted by atomic mass is 10.0. The highest BCUT2D eigenvalue weighted by Crippen LogP contribution is 2.39. The number of furan rings is 1. The Morgan fingerprint density at radius 2 is 1.38 bits per heavy atom. The van der Waals surface area contributed by atoms with Gasteiger partial charge in [0.25, 0.3) is 0 Å². The van der Waals surface area contributed by atoms with Gasteiger partial charge in [0.2, 0.25) is 0 Å². The summed E-state index contributed by atoms with van der Waals surface area (Å²) in [6.45, 7) is 0. The molecule has 3 heteroatoms. The van der Waals surface area contributed by atoms with E-state index in [0.29, 0.717) is 5.56 Å². The second-order valence-electron chi connectivity index (χ2n) is 5.92. The van der Waals surface area contributed by atoms with Crippen LogP contribution in [0.2, 0.25) is 0 Å². The molecule has 1 aromatic heterocycles. The van der Waals surface area contributed by atoms with Crippen LogP contribution in [0.25, 0.3) is 33.8 Å². The first-order valence-corrected chi connectivity index (χ1v) is 8.99. The second kappa shape index (κ2) is 7.03. The van der Waals surface area contributed by atoms with Gasteiger partial charge < -0.3 is 4.42 Å². The van der Waals surface area contributed by atoms with Gasteiger partial charge >= 0.3 is 0 Å². The molecule has 0 N–H and O–H groups in total. The van der Waals surface area contributed by atoms with Crippen molar-refractivity contribution < 1.29 is 4.42 Å². The minimum atomic E-state index is 0.645. The van der Waals surface area contributed by atoms with E-state index in [1.54, 1.807) is 0 Å². The van der Waals surface area contributed by atoms with Gasteiger partial charge in [-0.15, -0.1) is 0 Å². The number of hydrogen-bond donors (Lipinski definition) is 0. The number of nitriles is 1. The van der Waals surface area contributed by atoms with E-state index in [4.69, 9.17) is 9.68 Å². The molecule has 4 aromatic rings. The van der Waals surface area contributed by atoms with E-state index in [2.05, 4.69) is 28.1 Å². The van der Waals surface area contributed by atoms with Crippen LogP contribution in [-0.4, -0.2) is 0 Å². The third-order valence-corrected chi connectivity index (χ3v) is 4.75. The number of rotatable bonds is 3. The molecule has 0 aliphatic rings. The van der Waals surface area contributed by atoms with Crippen LogP contribution < -0.4 is 0 Å². The van der Waals surface area contributed by atoms with Crippen molar-refractivity contribution in [2.75, 3.05) is 0 Å². The first-order valence-electron chi connectivity index (χ1n) is 8.20. The van der Waals surface area contributed by atoms with Crippen molar-refractivity contribution in [3.63, 3.8) is 0 Å². The van der Waals surface area contributed by atoms with Crippen molar-refractivity contribution in [3.05, 3.63) is 95.0 Å². The molecule has 4 rings (SSSR count). The third kappa shape index (κ3) is 3.20. The summed E-state index contributed by atoms with van der Waals surface area (Å²) in [7, 11) is 0. The normalized spacial score (nSPS) is 10.5. The molecule has 0 spiro atoms. The van der Waals surface area contributed by atoms with Gasteiger partial charge in [-0.1, -0.05) is 70.5 Å². The van der Waals surface area contributed by atoms with Crippen LogP contribution in [0, 0.1) is 11.3 Å². The van der Waals surface area contributed by atoms with Crippen LogP contribution in [0.5, 0.6) is 0 Å². The van der Waals surface area contributed by atoms with Crippen molar-refractivity contribution >= 4 is 15.9 Å². The molecule has 0 fully saturated rings. The van der Waals surface area contributed by atoms with E-state index in [9.17, 15) is 0 Å². The molecule has 0 aliphatic heterocycles. The van der Waals surface area contributed by atoms with E-state index in [0.717, 1.165) is 38.2 Å². The Balaban J connectivity index is 1.88. The molecular weight excluding hydrogens is 386 g/mol. The smallest absolute Gasteiger partial charge is 0.142 e. The van der Waals surface area contributed by atoms with Crippen LogP contribution in [0.15, 0.2) is 93.8 Å². The Hall–Kier alpha value is -3.09. The fourth-order valence-electron chi connectivity index (χ4n) is 2.89. The van der Waals surface area contributed by atoms with Gasteiger partial charge in [0.1, 0.15) is 11.5 Å². The van der Waals surface area contributed by atoms with Gasteiger partial charge in [0.05, 0.1) is 11.6 Å². The van der Waals surface area contributed by atoms with E-state index >= 15 is 0 Å². The summed E-state index contributed by atoms with van der Waals surface area (Å²) in [6.07, 6.45) is 0. The summed E-state index contributed by atoms with van der Waals surface area (Å²) in [4.78, 5) is 0. The summed E-state index contributed by atoms with van der Waals surface area (Å²) in [5, 5.41) is 9.03. The molecule has 2 nitrogen and oxygen atoms in total. The summed E-state index contributed by atoms with van der Waals surface area (Å²) < 4.78 is 7.29. The maximum atomic E-state index is 9.03. The highest BCUT2D eigenvalue weighted by molar-refractivity contribution is 9.10. The van der Waals surface area contributed by atoms with Gasteiger partial charge in [0, 0.05) is 21.2 Å². The number of nitrogens with zero attached hydrogens (tertiary/aromatic N) is 1. The van der Waals surface area contributed by atoms with Crippen LogP contribution >= 0.6 is 15.9 Å². The molecule has 0 aliphatic carbocycles. The Morgan fingerprint density at radius 3 is 2.04 bits per heavy atom. The molecule has 0 bridgehead atoms. The standard InChI is InChI=1S/C23H14BrNO/c24-20-12-10-18(11-13-20)22-14-21(17-8-6-16(15-25)7-9-17)23(26-22)19-4-2-1-3-5-19/h1-14H. The maximum Gasteiger partial charge on any atom is 0.142 e. The molecule has 0 saturated heterocycles. The Bertz CT molecular complexity index is 1070. The number of halogens is 1. The summed E-state index contributed by atoms with van der Waals surface area (Å²) in [5.74, 6) is 1.64. The van der Waals surface area contributed by atoms with Crippen LogP contribution in [-0.2, 0) is 0 Å². The maximum absolute atomic E-state index is 9.03. The van der Waals surface area contributed by atoms with Crippen LogP contribution in [0.4, 0.5) is 0 Å². The van der Waals surface area contributed by atoms with Crippen LogP contribution in [0.1, 0.15) is 5.56 Å². The lowest BCUT2D eigenvalue weighted by molar-refractivity contribution is 0.598. The monoisotopic (exact) mass is 399 g/mol. The zero-order valence-corrected chi connectivity index (χ0v) is 15.4. The zero-order chi connectivity index (χ0) is 17.9. The van der Waals surface area contributed by atoms with Gasteiger partial charge in [-0.3, -0.25) is 0 Å².